The molecule has 0 saturated heterocycles. The van der Waals surface area contributed by atoms with Crippen molar-refractivity contribution in [2.75, 3.05) is 13.2 Å². The molecule has 0 radical (unpaired) electrons. The molecule has 0 spiro atoms. The van der Waals surface area contributed by atoms with Gasteiger partial charge in [-0.05, 0) is 38.5 Å². The molecule has 30 heavy (non-hydrogen) atoms. The van der Waals surface area contributed by atoms with Crippen molar-refractivity contribution < 1.29 is 33.7 Å². The highest BCUT2D eigenvalue weighted by molar-refractivity contribution is 6.01. The maximum atomic E-state index is 12.2. The summed E-state index contributed by atoms with van der Waals surface area (Å²) in [4.78, 5) is 35.6. The first-order chi connectivity index (χ1) is 14.1. The molecule has 2 N–H and O–H groups in total. The predicted octanol–water partition coefficient (Wildman–Crippen LogP) is 3.22. The Morgan fingerprint density at radius 1 is 1.03 bits per heavy atom. The zero-order valence-corrected chi connectivity index (χ0v) is 17.1. The lowest BCUT2D eigenvalue weighted by atomic mass is 10.1. The molecule has 0 fully saturated rings. The molecule has 8 heteroatoms. The van der Waals surface area contributed by atoms with Crippen LogP contribution in [0.2, 0.25) is 0 Å². The number of phenols is 1. The highest BCUT2D eigenvalue weighted by Crippen LogP contribution is 2.24. The number of Topliss-reactive ketones (excluding diaryl/α,β-unsaturated/α-hetero) is 1. The maximum Gasteiger partial charge on any atom is 0.408 e. The lowest BCUT2D eigenvalue weighted by molar-refractivity contribution is -0.147. The van der Waals surface area contributed by atoms with Crippen molar-refractivity contribution in [3.63, 3.8) is 0 Å². The molecular weight excluding hydrogens is 390 g/mol. The molecule has 0 bridgehead atoms. The Bertz CT molecular complexity index is 888. The van der Waals surface area contributed by atoms with Gasteiger partial charge in [0.25, 0.3) is 0 Å². The first kappa shape index (κ1) is 22.7. The molecule has 2 aromatic rings. The molecule has 8 nitrogen and oxygen atoms in total. The van der Waals surface area contributed by atoms with Crippen LogP contribution in [0, 0.1) is 0 Å². The fraction of sp³-hybridized carbons (Fsp3) is 0.318. The Morgan fingerprint density at radius 3 is 2.37 bits per heavy atom. The van der Waals surface area contributed by atoms with Gasteiger partial charge in [-0.1, -0.05) is 30.3 Å². The van der Waals surface area contributed by atoms with Gasteiger partial charge in [0.2, 0.25) is 0 Å². The summed E-state index contributed by atoms with van der Waals surface area (Å²) in [6.07, 6.45) is -0.732. The number of amides is 1. The van der Waals surface area contributed by atoms with Crippen LogP contribution in [0.3, 0.4) is 0 Å². The van der Waals surface area contributed by atoms with Crippen molar-refractivity contribution in [3.05, 3.63) is 59.7 Å². The summed E-state index contributed by atoms with van der Waals surface area (Å²) in [5.41, 5.74) is 0.174. The van der Waals surface area contributed by atoms with Crippen LogP contribution in [0.4, 0.5) is 4.79 Å². The van der Waals surface area contributed by atoms with Gasteiger partial charge in [-0.15, -0.1) is 0 Å². The number of hydrogen-bond acceptors (Lipinski definition) is 7. The number of carbonyl (C=O) groups is 3. The van der Waals surface area contributed by atoms with Gasteiger partial charge in [-0.25, -0.2) is 9.59 Å². The molecule has 1 amide bonds. The molecule has 0 unspecified atom stereocenters. The van der Waals surface area contributed by atoms with Crippen LogP contribution in [0.1, 0.15) is 36.7 Å². The summed E-state index contributed by atoms with van der Waals surface area (Å²) in [6, 6.07) is 13.2. The Morgan fingerprint density at radius 2 is 1.73 bits per heavy atom. The highest BCUT2D eigenvalue weighted by Gasteiger charge is 2.18. The molecule has 0 atom stereocenters. The number of esters is 1. The number of phenolic OH excluding ortho intramolecular Hbond substituents is 1. The van der Waals surface area contributed by atoms with Gasteiger partial charge in [0.05, 0.1) is 12.1 Å². The van der Waals surface area contributed by atoms with Crippen molar-refractivity contribution in [1.29, 1.82) is 0 Å². The summed E-state index contributed by atoms with van der Waals surface area (Å²) in [5, 5.41) is 12.4. The van der Waals surface area contributed by atoms with E-state index in [-0.39, 0.29) is 36.8 Å². The fourth-order valence-corrected chi connectivity index (χ4v) is 2.32. The number of benzene rings is 2. The van der Waals surface area contributed by atoms with Gasteiger partial charge in [0.15, 0.2) is 12.4 Å². The van der Waals surface area contributed by atoms with Crippen LogP contribution in [0.25, 0.3) is 0 Å². The topological polar surface area (TPSA) is 111 Å². The minimum Gasteiger partial charge on any atom is -0.507 e. The molecule has 2 aromatic carbocycles. The summed E-state index contributed by atoms with van der Waals surface area (Å²) in [6.45, 7) is 4.56. The zero-order valence-electron chi connectivity index (χ0n) is 17.1. The Hall–Kier alpha value is -3.55. The zero-order chi connectivity index (χ0) is 22.1. The lowest BCUT2D eigenvalue weighted by Gasteiger charge is -2.19. The lowest BCUT2D eigenvalue weighted by Crippen LogP contribution is -2.35. The second kappa shape index (κ2) is 10.3. The van der Waals surface area contributed by atoms with Crippen LogP contribution in [-0.4, -0.2) is 41.7 Å². The number of ether oxygens (including phenoxy) is 3. The first-order valence-corrected chi connectivity index (χ1v) is 9.29. The number of aromatic hydroxyl groups is 1. The molecule has 2 rings (SSSR count). The summed E-state index contributed by atoms with van der Waals surface area (Å²) >= 11 is 0. The number of carbonyl (C=O) groups excluding carboxylic acids is 3. The van der Waals surface area contributed by atoms with E-state index in [9.17, 15) is 19.5 Å². The van der Waals surface area contributed by atoms with Crippen LogP contribution < -0.4 is 10.1 Å². The summed E-state index contributed by atoms with van der Waals surface area (Å²) in [5.74, 6) is -1.21. The van der Waals surface area contributed by atoms with E-state index < -0.39 is 23.4 Å². The Balaban J connectivity index is 1.82. The van der Waals surface area contributed by atoms with Crippen molar-refractivity contribution in [2.24, 2.45) is 0 Å². The number of rotatable bonds is 8. The molecule has 0 heterocycles. The van der Waals surface area contributed by atoms with Crippen molar-refractivity contribution in [2.45, 2.75) is 33.0 Å². The number of hydrogen-bond donors (Lipinski definition) is 2. The molecular formula is C22H25NO7. The van der Waals surface area contributed by atoms with E-state index in [1.54, 1.807) is 20.8 Å². The number of ketones is 1. The third kappa shape index (κ3) is 7.83. The average Bonchev–Trinajstić information content (AvgIpc) is 2.68. The van der Waals surface area contributed by atoms with Gasteiger partial charge >= 0.3 is 12.1 Å². The smallest absolute Gasteiger partial charge is 0.408 e. The third-order valence-corrected chi connectivity index (χ3v) is 3.66. The monoisotopic (exact) mass is 415 g/mol. The minimum atomic E-state index is -0.732. The predicted molar refractivity (Wildman–Crippen MR) is 108 cm³/mol. The normalized spacial score (nSPS) is 10.8. The first-order valence-electron chi connectivity index (χ1n) is 9.29. The van der Waals surface area contributed by atoms with Gasteiger partial charge in [0.1, 0.15) is 23.7 Å². The average molecular weight is 415 g/mol. The van der Waals surface area contributed by atoms with Gasteiger partial charge in [-0.3, -0.25) is 4.79 Å². The van der Waals surface area contributed by atoms with E-state index in [2.05, 4.69) is 5.32 Å². The Labute approximate surface area is 174 Å². The largest absolute Gasteiger partial charge is 0.507 e. The SMILES string of the molecule is CC(C)(C)OC(=O)NCC(=O)c1ccc(OCC(=O)OCc2ccccc2)cc1O. The standard InChI is InChI=1S/C22H25NO7/c1-22(2,3)30-21(27)23-12-19(25)17-10-9-16(11-18(17)24)28-14-20(26)29-13-15-7-5-4-6-8-15/h4-11,24H,12-14H2,1-3H3,(H,23,27). The molecule has 0 aliphatic heterocycles. The number of nitrogens with one attached hydrogen (secondary N) is 1. The van der Waals surface area contributed by atoms with Gasteiger partial charge in [0, 0.05) is 6.07 Å². The van der Waals surface area contributed by atoms with E-state index in [0.29, 0.717) is 0 Å². The molecule has 0 aliphatic rings. The van der Waals surface area contributed by atoms with Crippen molar-refractivity contribution >= 4 is 17.8 Å². The van der Waals surface area contributed by atoms with Crippen LogP contribution in [0.15, 0.2) is 48.5 Å². The fourth-order valence-electron chi connectivity index (χ4n) is 2.32. The highest BCUT2D eigenvalue weighted by atomic mass is 16.6. The van der Waals surface area contributed by atoms with Crippen LogP contribution >= 0.6 is 0 Å². The maximum absolute atomic E-state index is 12.2. The van der Waals surface area contributed by atoms with Crippen LogP contribution in [0.5, 0.6) is 11.5 Å². The number of alkyl carbamates (subject to hydrolysis) is 1. The molecule has 0 aliphatic carbocycles. The van der Waals surface area contributed by atoms with Gasteiger partial charge < -0.3 is 24.6 Å². The molecule has 0 aromatic heterocycles. The molecule has 0 saturated carbocycles. The van der Waals surface area contributed by atoms with Crippen molar-refractivity contribution in [3.8, 4) is 11.5 Å². The van der Waals surface area contributed by atoms with Gasteiger partial charge in [-0.2, -0.15) is 0 Å². The van der Waals surface area contributed by atoms with E-state index in [1.807, 2.05) is 30.3 Å². The van der Waals surface area contributed by atoms with Crippen LogP contribution in [-0.2, 0) is 20.9 Å². The van der Waals surface area contributed by atoms with Crippen molar-refractivity contribution in [1.82, 2.24) is 5.32 Å². The minimum absolute atomic E-state index is 0.00469. The van der Waals surface area contributed by atoms with E-state index in [0.717, 1.165) is 5.56 Å². The second-order valence-electron chi connectivity index (χ2n) is 7.39. The van der Waals surface area contributed by atoms with E-state index >= 15 is 0 Å². The van der Waals surface area contributed by atoms with E-state index in [4.69, 9.17) is 14.2 Å². The quantitative estimate of drug-likeness (QED) is 0.503. The third-order valence-electron chi connectivity index (χ3n) is 3.66. The van der Waals surface area contributed by atoms with E-state index in [1.165, 1.54) is 18.2 Å². The summed E-state index contributed by atoms with van der Waals surface area (Å²) < 4.78 is 15.4. The Kier molecular flexibility index (Phi) is 7.80. The summed E-state index contributed by atoms with van der Waals surface area (Å²) in [7, 11) is 0. The molecule has 160 valence electrons. The second-order valence-corrected chi connectivity index (χ2v) is 7.39.